The Balaban J connectivity index is 1.48. The van der Waals surface area contributed by atoms with Crippen LogP contribution in [0.25, 0.3) is 0 Å². The summed E-state index contributed by atoms with van der Waals surface area (Å²) in [5.74, 6) is 0.938. The molecule has 38 heavy (non-hydrogen) atoms. The molecule has 2 amide bonds. The van der Waals surface area contributed by atoms with Gasteiger partial charge in [-0.05, 0) is 55.0 Å². The number of guanidine groups is 1. The van der Waals surface area contributed by atoms with Crippen LogP contribution in [0.15, 0.2) is 47.5 Å². The van der Waals surface area contributed by atoms with Crippen LogP contribution in [0.2, 0.25) is 0 Å². The molecule has 0 aromatic heterocycles. The van der Waals surface area contributed by atoms with E-state index >= 15 is 0 Å². The Kier molecular flexibility index (Phi) is 7.18. The second kappa shape index (κ2) is 10.4. The van der Waals surface area contributed by atoms with Gasteiger partial charge < -0.3 is 20.5 Å². The fourth-order valence-electron chi connectivity index (χ4n) is 6.17. The molecule has 0 radical (unpaired) electrons. The number of amides is 2. The first-order chi connectivity index (χ1) is 18.3. The van der Waals surface area contributed by atoms with E-state index in [2.05, 4.69) is 12.2 Å². The van der Waals surface area contributed by atoms with Crippen LogP contribution in [0.5, 0.6) is 5.75 Å². The summed E-state index contributed by atoms with van der Waals surface area (Å²) in [6, 6.07) is 13.0. The van der Waals surface area contributed by atoms with Crippen molar-refractivity contribution in [2.75, 3.05) is 13.7 Å². The van der Waals surface area contributed by atoms with Gasteiger partial charge in [-0.3, -0.25) is 14.5 Å². The maximum Gasteiger partial charge on any atom is 0.251 e. The van der Waals surface area contributed by atoms with Crippen molar-refractivity contribution in [3.8, 4) is 5.75 Å². The van der Waals surface area contributed by atoms with E-state index in [4.69, 9.17) is 20.2 Å². The van der Waals surface area contributed by atoms with Crippen LogP contribution in [0, 0.1) is 5.92 Å². The van der Waals surface area contributed by atoms with Gasteiger partial charge in [-0.1, -0.05) is 45.0 Å². The topological polar surface area (TPSA) is 106 Å². The number of hydrogen-bond donors (Lipinski definition) is 2. The summed E-state index contributed by atoms with van der Waals surface area (Å²) in [6.45, 7) is 6.69. The number of carbonyl (C=O) groups excluding carboxylic acids is 2. The average molecular weight is 519 g/mol. The number of para-hydroxylation sites is 1. The number of methoxy groups -OCH3 is 1. The van der Waals surface area contributed by atoms with Gasteiger partial charge >= 0.3 is 0 Å². The Hall–Kier alpha value is -3.39. The highest BCUT2D eigenvalue weighted by atomic mass is 16.5. The number of aliphatic imine (C=N–C) groups is 1. The van der Waals surface area contributed by atoms with Crippen LogP contribution in [0.1, 0.15) is 85.6 Å². The van der Waals surface area contributed by atoms with Crippen molar-refractivity contribution < 1.29 is 19.1 Å². The summed E-state index contributed by atoms with van der Waals surface area (Å²) in [4.78, 5) is 33.6. The van der Waals surface area contributed by atoms with E-state index < -0.39 is 11.6 Å². The minimum Gasteiger partial charge on any atom is -0.493 e. The number of nitrogens with zero attached hydrogens (tertiary/aromatic N) is 2. The number of benzene rings is 2. The monoisotopic (exact) mass is 518 g/mol. The molecule has 0 saturated carbocycles. The Morgan fingerprint density at radius 2 is 1.97 bits per heavy atom. The van der Waals surface area contributed by atoms with Crippen LogP contribution >= 0.6 is 0 Å². The standard InChI is InChI=1S/C30H38N4O4/c1-5-30(6-2)16-25(35)34(29(31)33-30)27-22-15-20(12-11-19(22)13-14-24(27)37-4)28(36)32-26-18(3)17-38-23-10-8-7-9-21(23)26/h7-12,15,18,24,26-27H,5-6,13-14,16-17H2,1-4H3,(H2,31,33)(H,32,36)/t18-,24-,26-,27-/m0/s1. The zero-order chi connectivity index (χ0) is 27.0. The Morgan fingerprint density at radius 3 is 2.68 bits per heavy atom. The molecule has 0 unspecified atom stereocenters. The summed E-state index contributed by atoms with van der Waals surface area (Å²) >= 11 is 0. The summed E-state index contributed by atoms with van der Waals surface area (Å²) < 4.78 is 11.7. The summed E-state index contributed by atoms with van der Waals surface area (Å²) in [5, 5.41) is 3.23. The molecular weight excluding hydrogens is 480 g/mol. The Morgan fingerprint density at radius 1 is 1.21 bits per heavy atom. The lowest BCUT2D eigenvalue weighted by Gasteiger charge is -2.44. The molecule has 202 valence electrons. The third-order valence-corrected chi connectivity index (χ3v) is 8.63. The molecule has 8 heteroatoms. The van der Waals surface area contributed by atoms with Gasteiger partial charge in [0.1, 0.15) is 5.75 Å². The van der Waals surface area contributed by atoms with E-state index in [-0.39, 0.29) is 35.8 Å². The van der Waals surface area contributed by atoms with Gasteiger partial charge in [0, 0.05) is 24.2 Å². The number of nitrogens with one attached hydrogen (secondary N) is 1. The van der Waals surface area contributed by atoms with Crippen LogP contribution in [0.4, 0.5) is 0 Å². The minimum absolute atomic E-state index is 0.0522. The summed E-state index contributed by atoms with van der Waals surface area (Å²) in [7, 11) is 1.66. The molecule has 3 N–H and O–H groups in total. The molecule has 2 aliphatic heterocycles. The number of nitrogens with two attached hydrogens (primary N) is 1. The molecule has 2 aromatic rings. The summed E-state index contributed by atoms with van der Waals surface area (Å²) in [6.07, 6.45) is 3.10. The van der Waals surface area contributed by atoms with E-state index in [1.54, 1.807) is 12.0 Å². The van der Waals surface area contributed by atoms with Crippen LogP contribution < -0.4 is 15.8 Å². The van der Waals surface area contributed by atoms with Crippen molar-refractivity contribution in [1.29, 1.82) is 0 Å². The quantitative estimate of drug-likeness (QED) is 0.593. The fourth-order valence-corrected chi connectivity index (χ4v) is 6.17. The number of hydrogen-bond acceptors (Lipinski definition) is 6. The van der Waals surface area contributed by atoms with Gasteiger partial charge in [0.15, 0.2) is 5.96 Å². The van der Waals surface area contributed by atoms with Crippen molar-refractivity contribution in [3.05, 3.63) is 64.7 Å². The van der Waals surface area contributed by atoms with Crippen molar-refractivity contribution in [3.63, 3.8) is 0 Å². The number of carbonyl (C=O) groups is 2. The molecule has 0 spiro atoms. The zero-order valence-electron chi connectivity index (χ0n) is 22.7. The minimum atomic E-state index is -0.462. The SMILES string of the molecule is CCC1(CC)CC(=O)N([C@H]2c3cc(C(=O)N[C@@H]4c5ccccc5OC[C@@H]4C)ccc3CC[C@@H]2OC)C(N)=N1. The third kappa shape index (κ3) is 4.55. The molecule has 1 aliphatic carbocycles. The molecule has 3 aliphatic rings. The van der Waals surface area contributed by atoms with Crippen molar-refractivity contribution >= 4 is 17.8 Å². The highest BCUT2D eigenvalue weighted by molar-refractivity contribution is 6.00. The molecule has 8 nitrogen and oxygen atoms in total. The van der Waals surface area contributed by atoms with Gasteiger partial charge in [-0.25, -0.2) is 4.99 Å². The number of aryl methyl sites for hydroxylation is 1. The lowest BCUT2D eigenvalue weighted by Crippen LogP contribution is -2.55. The van der Waals surface area contributed by atoms with Crippen molar-refractivity contribution in [1.82, 2.24) is 10.2 Å². The predicted molar refractivity (Wildman–Crippen MR) is 146 cm³/mol. The molecule has 0 bridgehead atoms. The first-order valence-electron chi connectivity index (χ1n) is 13.7. The number of fused-ring (bicyclic) bond motifs is 2. The maximum absolute atomic E-state index is 13.6. The second-order valence-corrected chi connectivity index (χ2v) is 10.8. The van der Waals surface area contributed by atoms with Gasteiger partial charge in [0.25, 0.3) is 5.91 Å². The molecule has 5 rings (SSSR count). The molecule has 0 fully saturated rings. The van der Waals surface area contributed by atoms with E-state index in [1.165, 1.54) is 0 Å². The first kappa shape index (κ1) is 26.2. The third-order valence-electron chi connectivity index (χ3n) is 8.63. The largest absolute Gasteiger partial charge is 0.493 e. The van der Waals surface area contributed by atoms with Crippen LogP contribution in [0.3, 0.4) is 0 Å². The fraction of sp³-hybridized carbons (Fsp3) is 0.500. The summed E-state index contributed by atoms with van der Waals surface area (Å²) in [5.41, 5.74) is 9.53. The molecule has 2 heterocycles. The van der Waals surface area contributed by atoms with E-state index in [9.17, 15) is 9.59 Å². The highest BCUT2D eigenvalue weighted by Crippen LogP contribution is 2.41. The Labute approximate surface area is 224 Å². The number of ether oxygens (including phenoxy) is 2. The molecule has 4 atom stereocenters. The first-order valence-corrected chi connectivity index (χ1v) is 13.7. The van der Waals surface area contributed by atoms with Gasteiger partial charge in [-0.15, -0.1) is 0 Å². The van der Waals surface area contributed by atoms with Gasteiger partial charge in [0.05, 0.1) is 36.8 Å². The number of rotatable bonds is 6. The van der Waals surface area contributed by atoms with Crippen molar-refractivity contribution in [2.24, 2.45) is 16.6 Å². The predicted octanol–water partition coefficient (Wildman–Crippen LogP) is 4.29. The zero-order valence-corrected chi connectivity index (χ0v) is 22.7. The van der Waals surface area contributed by atoms with Crippen molar-refractivity contribution in [2.45, 2.75) is 76.6 Å². The Bertz CT molecular complexity index is 1250. The lowest BCUT2D eigenvalue weighted by atomic mass is 9.81. The molecular formula is C30H38N4O4. The molecule has 0 saturated heterocycles. The van der Waals surface area contributed by atoms with Crippen LogP contribution in [-0.4, -0.2) is 48.0 Å². The highest BCUT2D eigenvalue weighted by Gasteiger charge is 2.44. The van der Waals surface area contributed by atoms with Gasteiger partial charge in [-0.2, -0.15) is 0 Å². The molecule has 2 aromatic carbocycles. The maximum atomic E-state index is 13.6. The van der Waals surface area contributed by atoms with Crippen LogP contribution in [-0.2, 0) is 16.0 Å². The second-order valence-electron chi connectivity index (χ2n) is 10.8. The lowest BCUT2D eigenvalue weighted by molar-refractivity contribution is -0.134. The van der Waals surface area contributed by atoms with E-state index in [1.807, 2.05) is 56.3 Å². The normalized spacial score (nSPS) is 26.1. The van der Waals surface area contributed by atoms with E-state index in [0.717, 1.165) is 48.1 Å². The van der Waals surface area contributed by atoms with Gasteiger partial charge in [0.2, 0.25) is 5.91 Å². The smallest absolute Gasteiger partial charge is 0.251 e. The average Bonchev–Trinajstić information content (AvgIpc) is 2.93. The van der Waals surface area contributed by atoms with E-state index in [0.29, 0.717) is 18.6 Å².